The standard InChI is InChI=1S/C19H38O5P2/c1-13(2)9-8-10-14(3)17(24-26)15(4)18(20)19(5,6)16(23-25)11-12-22-21-7/h14-17H,1,8-12,25-26H2,2-7H3. The van der Waals surface area contributed by atoms with Gasteiger partial charge in [-0.3, -0.25) is 4.79 Å². The average Bonchev–Trinajstić information content (AvgIpc) is 2.57. The highest BCUT2D eigenvalue weighted by molar-refractivity contribution is 7.10. The quantitative estimate of drug-likeness (QED) is 0.127. The summed E-state index contributed by atoms with van der Waals surface area (Å²) in [6, 6.07) is 0. The highest BCUT2D eigenvalue weighted by Crippen LogP contribution is 2.35. The van der Waals surface area contributed by atoms with Gasteiger partial charge in [-0.15, -0.1) is 6.58 Å². The number of rotatable bonds is 15. The van der Waals surface area contributed by atoms with Crippen molar-refractivity contribution in [1.82, 2.24) is 0 Å². The van der Waals surface area contributed by atoms with Crippen molar-refractivity contribution in [2.75, 3.05) is 13.7 Å². The van der Waals surface area contributed by atoms with Crippen LogP contribution in [-0.4, -0.2) is 31.7 Å². The third kappa shape index (κ3) is 8.42. The van der Waals surface area contributed by atoms with Crippen LogP contribution in [0.5, 0.6) is 0 Å². The summed E-state index contributed by atoms with van der Waals surface area (Å²) >= 11 is 0. The van der Waals surface area contributed by atoms with Crippen molar-refractivity contribution in [2.45, 2.75) is 72.5 Å². The number of hydrogen-bond acceptors (Lipinski definition) is 5. The molecule has 0 spiro atoms. The Balaban J connectivity index is 5.00. The zero-order chi connectivity index (χ0) is 20.3. The molecular weight excluding hydrogens is 370 g/mol. The summed E-state index contributed by atoms with van der Waals surface area (Å²) < 4.78 is 11.1. The maximum Gasteiger partial charge on any atom is 0.146 e. The molecule has 0 aliphatic heterocycles. The predicted octanol–water partition coefficient (Wildman–Crippen LogP) is 4.92. The van der Waals surface area contributed by atoms with E-state index in [-0.39, 0.29) is 29.8 Å². The second-order valence-corrected chi connectivity index (χ2v) is 8.25. The molecule has 0 heterocycles. The van der Waals surface area contributed by atoms with Gasteiger partial charge in [0.25, 0.3) is 0 Å². The monoisotopic (exact) mass is 408 g/mol. The van der Waals surface area contributed by atoms with Crippen molar-refractivity contribution in [2.24, 2.45) is 17.3 Å². The molecule has 0 aromatic carbocycles. The van der Waals surface area contributed by atoms with E-state index in [1.165, 1.54) is 12.7 Å². The smallest absolute Gasteiger partial charge is 0.146 e. The number of carbonyl (C=O) groups is 1. The molecule has 0 amide bonds. The molecule has 154 valence electrons. The van der Waals surface area contributed by atoms with Crippen LogP contribution in [0.3, 0.4) is 0 Å². The third-order valence-corrected chi connectivity index (χ3v) is 5.72. The summed E-state index contributed by atoms with van der Waals surface area (Å²) in [5, 5.41) is 0. The minimum atomic E-state index is -0.670. The minimum absolute atomic E-state index is 0.126. The van der Waals surface area contributed by atoms with Gasteiger partial charge in [0.1, 0.15) is 5.78 Å². The molecule has 0 rings (SSSR count). The van der Waals surface area contributed by atoms with Gasteiger partial charge in [-0.05, 0) is 32.1 Å². The summed E-state index contributed by atoms with van der Waals surface area (Å²) in [7, 11) is 6.06. The molecule has 0 radical (unpaired) electrons. The van der Waals surface area contributed by atoms with Gasteiger partial charge in [-0.2, -0.15) is 0 Å². The Morgan fingerprint density at radius 2 is 1.77 bits per heavy atom. The molecule has 5 nitrogen and oxygen atoms in total. The molecule has 6 unspecified atom stereocenters. The largest absolute Gasteiger partial charge is 0.361 e. The maximum atomic E-state index is 13.2. The van der Waals surface area contributed by atoms with E-state index in [1.54, 1.807) is 0 Å². The molecular formula is C19H38O5P2. The van der Waals surface area contributed by atoms with Crippen LogP contribution in [0.2, 0.25) is 0 Å². The van der Waals surface area contributed by atoms with Gasteiger partial charge < -0.3 is 9.05 Å². The van der Waals surface area contributed by atoms with E-state index in [2.05, 4.69) is 37.3 Å². The van der Waals surface area contributed by atoms with Crippen molar-refractivity contribution in [1.29, 1.82) is 0 Å². The fourth-order valence-corrected chi connectivity index (χ4v) is 4.35. The second-order valence-electron chi connectivity index (χ2n) is 7.70. The lowest BCUT2D eigenvalue weighted by Crippen LogP contribution is -2.45. The van der Waals surface area contributed by atoms with Crippen LogP contribution >= 0.6 is 18.9 Å². The summed E-state index contributed by atoms with van der Waals surface area (Å²) in [4.78, 5) is 22.8. The molecule has 0 aromatic heterocycles. The number of hydrogen-bond donors (Lipinski definition) is 0. The molecule has 0 fully saturated rings. The van der Waals surface area contributed by atoms with Crippen LogP contribution < -0.4 is 0 Å². The van der Waals surface area contributed by atoms with Crippen molar-refractivity contribution in [3.8, 4) is 0 Å². The molecule has 6 atom stereocenters. The number of Topliss-reactive ketones (excluding diaryl/α,β-unsaturated/α-hetero) is 1. The van der Waals surface area contributed by atoms with E-state index in [4.69, 9.17) is 13.9 Å². The Morgan fingerprint density at radius 1 is 1.15 bits per heavy atom. The lowest BCUT2D eigenvalue weighted by molar-refractivity contribution is -0.275. The van der Waals surface area contributed by atoms with Crippen LogP contribution in [0.15, 0.2) is 12.2 Å². The molecule has 26 heavy (non-hydrogen) atoms. The Hall–Kier alpha value is 0.110. The summed E-state index contributed by atoms with van der Waals surface area (Å²) in [6.45, 7) is 14.3. The molecule has 0 bridgehead atoms. The van der Waals surface area contributed by atoms with E-state index in [9.17, 15) is 4.79 Å². The van der Waals surface area contributed by atoms with Gasteiger partial charge in [-0.25, -0.2) is 9.78 Å². The molecule has 0 N–H and O–H groups in total. The lowest BCUT2D eigenvalue weighted by atomic mass is 9.73. The van der Waals surface area contributed by atoms with Crippen LogP contribution in [0, 0.1) is 17.3 Å². The maximum absolute atomic E-state index is 13.2. The highest BCUT2D eigenvalue weighted by Gasteiger charge is 2.42. The fraction of sp³-hybridized carbons (Fsp3) is 0.842. The minimum Gasteiger partial charge on any atom is -0.361 e. The SMILES string of the molecule is C=C(C)CCCC(C)C(OP)C(C)C(=O)C(C)(C)C(CCOOC)OP. The lowest BCUT2D eigenvalue weighted by Gasteiger charge is -2.37. The Labute approximate surface area is 164 Å². The first-order valence-corrected chi connectivity index (χ1v) is 10.1. The summed E-state index contributed by atoms with van der Waals surface area (Å²) in [5.74, 6) is 0.156. The van der Waals surface area contributed by atoms with Gasteiger partial charge in [-0.1, -0.05) is 33.3 Å². The Bertz CT molecular complexity index is 428. The number of ketones is 1. The van der Waals surface area contributed by atoms with Crippen LogP contribution in [0.25, 0.3) is 0 Å². The highest BCUT2D eigenvalue weighted by atomic mass is 31.0. The van der Waals surface area contributed by atoms with E-state index < -0.39 is 5.41 Å². The van der Waals surface area contributed by atoms with E-state index in [0.29, 0.717) is 13.0 Å². The van der Waals surface area contributed by atoms with E-state index in [1.807, 2.05) is 27.7 Å². The van der Waals surface area contributed by atoms with Gasteiger partial charge >= 0.3 is 0 Å². The number of carbonyl (C=O) groups excluding carboxylic acids is 1. The first kappa shape index (κ1) is 26.1. The first-order valence-electron chi connectivity index (χ1n) is 9.18. The fourth-order valence-electron chi connectivity index (χ4n) is 3.37. The zero-order valence-corrected chi connectivity index (χ0v) is 19.6. The molecule has 0 aliphatic rings. The van der Waals surface area contributed by atoms with Crippen LogP contribution in [-0.2, 0) is 23.6 Å². The predicted molar refractivity (Wildman–Crippen MR) is 113 cm³/mol. The molecule has 7 heteroatoms. The van der Waals surface area contributed by atoms with Gasteiger partial charge in [0.05, 0.1) is 31.3 Å². The third-order valence-electron chi connectivity index (χ3n) is 5.07. The topological polar surface area (TPSA) is 54.0 Å². The van der Waals surface area contributed by atoms with E-state index in [0.717, 1.165) is 19.3 Å². The molecule has 0 saturated heterocycles. The Morgan fingerprint density at radius 3 is 2.23 bits per heavy atom. The second kappa shape index (κ2) is 13.3. The van der Waals surface area contributed by atoms with Gasteiger partial charge in [0.2, 0.25) is 0 Å². The van der Waals surface area contributed by atoms with Crippen LogP contribution in [0.1, 0.15) is 60.3 Å². The Kier molecular flexibility index (Phi) is 13.4. The van der Waals surface area contributed by atoms with Crippen molar-refractivity contribution in [3.05, 3.63) is 12.2 Å². The number of allylic oxidation sites excluding steroid dienone is 1. The normalized spacial score (nSPS) is 16.8. The summed E-state index contributed by atoms with van der Waals surface area (Å²) in [5.41, 5.74) is 0.515. The summed E-state index contributed by atoms with van der Waals surface area (Å²) in [6.07, 6.45) is 3.17. The van der Waals surface area contributed by atoms with Crippen LogP contribution in [0.4, 0.5) is 0 Å². The molecule has 0 saturated carbocycles. The van der Waals surface area contributed by atoms with Gasteiger partial charge in [0, 0.05) is 31.3 Å². The molecule has 0 aliphatic carbocycles. The van der Waals surface area contributed by atoms with Crippen molar-refractivity contribution >= 4 is 24.7 Å². The first-order chi connectivity index (χ1) is 12.1. The van der Waals surface area contributed by atoms with Crippen molar-refractivity contribution < 1.29 is 23.6 Å². The zero-order valence-electron chi connectivity index (χ0n) is 17.2. The van der Waals surface area contributed by atoms with E-state index >= 15 is 0 Å². The average molecular weight is 408 g/mol. The van der Waals surface area contributed by atoms with Gasteiger partial charge in [0.15, 0.2) is 0 Å². The molecule has 0 aromatic rings. The van der Waals surface area contributed by atoms with Crippen molar-refractivity contribution in [3.63, 3.8) is 0 Å².